The number of carbonyl (C=O) groups is 4. The molecule has 0 bridgehead atoms. The van der Waals surface area contributed by atoms with Gasteiger partial charge in [-0.05, 0) is 31.6 Å². The maximum Gasteiger partial charge on any atom is 0.472 e. The summed E-state index contributed by atoms with van der Waals surface area (Å²) in [4.78, 5) is 72.7. The number of esters is 4. The van der Waals surface area contributed by atoms with Crippen LogP contribution in [-0.4, -0.2) is 96.7 Å². The largest absolute Gasteiger partial charge is 0.472 e. The summed E-state index contributed by atoms with van der Waals surface area (Å²) in [5.41, 5.74) is 0. The number of rotatable bonds is 75. The van der Waals surface area contributed by atoms with Crippen LogP contribution in [0.15, 0.2) is 0 Å². The summed E-state index contributed by atoms with van der Waals surface area (Å²) in [6.45, 7) is 7.30. The van der Waals surface area contributed by atoms with E-state index in [2.05, 4.69) is 34.6 Å². The molecule has 0 aromatic carbocycles. The van der Waals surface area contributed by atoms with E-state index in [0.29, 0.717) is 25.7 Å². The Labute approximate surface area is 575 Å². The summed E-state index contributed by atoms with van der Waals surface area (Å²) in [7, 11) is -9.90. The Hall–Kier alpha value is -1.94. The Morgan fingerprint density at radius 1 is 0.287 bits per heavy atom. The molecular weight excluding hydrogens is 1230 g/mol. The summed E-state index contributed by atoms with van der Waals surface area (Å²) in [6.07, 6.45) is 56.8. The van der Waals surface area contributed by atoms with Gasteiger partial charge < -0.3 is 33.8 Å². The van der Waals surface area contributed by atoms with Gasteiger partial charge in [0.15, 0.2) is 12.2 Å². The van der Waals surface area contributed by atoms with Crippen LogP contribution in [0.25, 0.3) is 0 Å². The fourth-order valence-corrected chi connectivity index (χ4v) is 13.1. The van der Waals surface area contributed by atoms with Gasteiger partial charge in [-0.3, -0.25) is 37.3 Å². The molecule has 0 aliphatic carbocycles. The van der Waals surface area contributed by atoms with Gasteiger partial charge in [-0.2, -0.15) is 0 Å². The van der Waals surface area contributed by atoms with Gasteiger partial charge in [-0.15, -0.1) is 0 Å². The van der Waals surface area contributed by atoms with Gasteiger partial charge in [0, 0.05) is 25.7 Å². The number of carbonyl (C=O) groups excluding carboxylic acids is 4. The van der Waals surface area contributed by atoms with Crippen LogP contribution in [-0.2, 0) is 65.4 Å². The van der Waals surface area contributed by atoms with E-state index in [1.165, 1.54) is 218 Å². The zero-order valence-electron chi connectivity index (χ0n) is 61.1. The monoisotopic (exact) mass is 1380 g/mol. The number of phosphoric ester groups is 2. The smallest absolute Gasteiger partial charge is 0.462 e. The van der Waals surface area contributed by atoms with Crippen LogP contribution in [0.1, 0.15) is 394 Å². The van der Waals surface area contributed by atoms with Crippen molar-refractivity contribution in [3.05, 3.63) is 0 Å². The Morgan fingerprint density at radius 3 is 0.723 bits per heavy atom. The minimum Gasteiger partial charge on any atom is -0.462 e. The standard InChI is InChI=1S/C75H146O17P2/c1-6-9-12-15-18-21-24-25-28-32-35-40-44-49-54-59-73(78)86-65-71(92-75(80)61-56-51-46-41-36-33-30-27-26-29-31-34-37-42-47-52-57-68(4)5)67-90-94(83,84)88-63-69(76)62-87-93(81,82)89-66-70(91-74(79)60-55-50-45-39-23-20-17-14-11-8-3)64-85-72(77)58-53-48-43-38-22-19-16-13-10-7-2/h68-71,76H,6-67H2,1-5H3,(H,81,82)(H,83,84)/t69-,70+,71+/m0/s1. The highest BCUT2D eigenvalue weighted by molar-refractivity contribution is 7.47. The number of aliphatic hydroxyl groups is 1. The van der Waals surface area contributed by atoms with Crippen molar-refractivity contribution in [3.63, 3.8) is 0 Å². The van der Waals surface area contributed by atoms with Crippen LogP contribution < -0.4 is 0 Å². The molecule has 0 radical (unpaired) electrons. The van der Waals surface area contributed by atoms with Crippen molar-refractivity contribution in [1.29, 1.82) is 0 Å². The lowest BCUT2D eigenvalue weighted by atomic mass is 10.0. The van der Waals surface area contributed by atoms with E-state index in [9.17, 15) is 43.2 Å². The van der Waals surface area contributed by atoms with Gasteiger partial charge in [-0.25, -0.2) is 9.13 Å². The molecule has 0 spiro atoms. The molecule has 0 saturated carbocycles. The average Bonchev–Trinajstić information content (AvgIpc) is 1.35. The number of ether oxygens (including phenoxy) is 4. The van der Waals surface area contributed by atoms with E-state index >= 15 is 0 Å². The third-order valence-electron chi connectivity index (χ3n) is 17.5. The van der Waals surface area contributed by atoms with Crippen LogP contribution in [0.5, 0.6) is 0 Å². The number of phosphoric acid groups is 2. The third-order valence-corrected chi connectivity index (χ3v) is 19.4. The predicted octanol–water partition coefficient (Wildman–Crippen LogP) is 22.1. The highest BCUT2D eigenvalue weighted by Crippen LogP contribution is 2.45. The first kappa shape index (κ1) is 92.1. The van der Waals surface area contributed by atoms with Crippen molar-refractivity contribution in [1.82, 2.24) is 0 Å². The Balaban J connectivity index is 5.21. The predicted molar refractivity (Wildman–Crippen MR) is 382 cm³/mol. The molecule has 19 heteroatoms. The molecule has 3 N–H and O–H groups in total. The SMILES string of the molecule is CCCCCCCCCCCCCCCCCC(=O)OC[C@H](COP(=O)(O)OC[C@@H](O)COP(=O)(O)OC[C@@H](COC(=O)CCCCCCCCCCCC)OC(=O)CCCCCCCCCCCC)OC(=O)CCCCCCCCCCCCCCCCCCC(C)C. The van der Waals surface area contributed by atoms with Gasteiger partial charge in [0.1, 0.15) is 19.3 Å². The number of aliphatic hydroxyl groups excluding tert-OH is 1. The Kier molecular flexibility index (Phi) is 66.8. The van der Waals surface area contributed by atoms with Crippen LogP contribution >= 0.6 is 15.6 Å². The summed E-state index contributed by atoms with van der Waals surface area (Å²) < 4.78 is 68.4. The van der Waals surface area contributed by atoms with Crippen molar-refractivity contribution >= 4 is 39.5 Å². The Bertz CT molecular complexity index is 1810. The maximum absolute atomic E-state index is 13.1. The Morgan fingerprint density at radius 2 is 0.489 bits per heavy atom. The van der Waals surface area contributed by atoms with Crippen LogP contribution in [0, 0.1) is 5.92 Å². The summed E-state index contributed by atoms with van der Waals surface area (Å²) in [5.74, 6) is -1.31. The number of hydrogen-bond donors (Lipinski definition) is 3. The third kappa shape index (κ3) is 68.6. The highest BCUT2D eigenvalue weighted by Gasteiger charge is 2.30. The van der Waals surface area contributed by atoms with E-state index in [1.54, 1.807) is 0 Å². The van der Waals surface area contributed by atoms with Crippen molar-refractivity contribution in [2.75, 3.05) is 39.6 Å². The van der Waals surface area contributed by atoms with Crippen LogP contribution in [0.2, 0.25) is 0 Å². The molecule has 0 saturated heterocycles. The fourth-order valence-electron chi connectivity index (χ4n) is 11.5. The molecule has 94 heavy (non-hydrogen) atoms. The zero-order valence-corrected chi connectivity index (χ0v) is 62.9. The van der Waals surface area contributed by atoms with Crippen molar-refractivity contribution in [2.45, 2.75) is 412 Å². The number of hydrogen-bond acceptors (Lipinski definition) is 15. The van der Waals surface area contributed by atoms with Gasteiger partial charge in [0.25, 0.3) is 0 Å². The molecule has 0 aromatic heterocycles. The highest BCUT2D eigenvalue weighted by atomic mass is 31.2. The molecule has 0 amide bonds. The molecule has 0 aliphatic rings. The van der Waals surface area contributed by atoms with Crippen LogP contribution in [0.4, 0.5) is 0 Å². The molecular formula is C75H146O17P2. The topological polar surface area (TPSA) is 237 Å². The molecule has 0 heterocycles. The molecule has 5 atom stereocenters. The van der Waals surface area contributed by atoms with E-state index in [0.717, 1.165) is 95.8 Å². The van der Waals surface area contributed by atoms with Crippen molar-refractivity contribution in [3.8, 4) is 0 Å². The molecule has 0 aromatic rings. The van der Waals surface area contributed by atoms with Gasteiger partial charge in [0.05, 0.1) is 26.4 Å². The molecule has 0 aliphatic heterocycles. The first-order valence-electron chi connectivity index (χ1n) is 39.1. The quantitative estimate of drug-likeness (QED) is 0.0222. The van der Waals surface area contributed by atoms with Gasteiger partial charge in [0.2, 0.25) is 0 Å². The molecule has 17 nitrogen and oxygen atoms in total. The van der Waals surface area contributed by atoms with Gasteiger partial charge >= 0.3 is 39.5 Å². The second-order valence-electron chi connectivity index (χ2n) is 27.5. The lowest BCUT2D eigenvalue weighted by molar-refractivity contribution is -0.161. The average molecular weight is 1380 g/mol. The number of unbranched alkanes of at least 4 members (excludes halogenated alkanes) is 47. The van der Waals surface area contributed by atoms with Gasteiger partial charge in [-0.1, -0.05) is 343 Å². The normalized spacial score (nSPS) is 14.0. The lowest BCUT2D eigenvalue weighted by Gasteiger charge is -2.21. The first-order valence-corrected chi connectivity index (χ1v) is 42.1. The first-order chi connectivity index (χ1) is 45.5. The van der Waals surface area contributed by atoms with E-state index < -0.39 is 97.5 Å². The minimum atomic E-state index is -4.96. The van der Waals surface area contributed by atoms with Crippen molar-refractivity contribution in [2.24, 2.45) is 5.92 Å². The molecule has 0 fully saturated rings. The zero-order chi connectivity index (χ0) is 69.1. The lowest BCUT2D eigenvalue weighted by Crippen LogP contribution is -2.30. The van der Waals surface area contributed by atoms with E-state index in [4.69, 9.17) is 37.0 Å². The summed E-state index contributed by atoms with van der Waals surface area (Å²) >= 11 is 0. The second kappa shape index (κ2) is 68.2. The summed E-state index contributed by atoms with van der Waals surface area (Å²) in [6, 6.07) is 0. The fraction of sp³-hybridized carbons (Fsp3) is 0.947. The molecule has 558 valence electrons. The molecule has 2 unspecified atom stereocenters. The molecule has 0 rings (SSSR count). The minimum absolute atomic E-state index is 0.107. The van der Waals surface area contributed by atoms with Crippen molar-refractivity contribution < 1.29 is 80.2 Å². The van der Waals surface area contributed by atoms with Crippen LogP contribution in [0.3, 0.4) is 0 Å². The second-order valence-corrected chi connectivity index (χ2v) is 30.4. The van der Waals surface area contributed by atoms with E-state index in [1.807, 2.05) is 0 Å². The maximum atomic E-state index is 13.1. The summed E-state index contributed by atoms with van der Waals surface area (Å²) in [5, 5.41) is 10.6. The van der Waals surface area contributed by atoms with E-state index in [-0.39, 0.29) is 25.7 Å².